The van der Waals surface area contributed by atoms with Crippen molar-refractivity contribution in [2.45, 2.75) is 0 Å². The third-order valence-corrected chi connectivity index (χ3v) is 1.81. The zero-order chi connectivity index (χ0) is 10.6. The summed E-state index contributed by atoms with van der Waals surface area (Å²) in [4.78, 5) is 0. The fourth-order valence-electron chi connectivity index (χ4n) is 1.19. The van der Waals surface area contributed by atoms with Gasteiger partial charge in [0, 0.05) is 19.3 Å². The van der Waals surface area contributed by atoms with Crippen LogP contribution in [0.2, 0.25) is 0 Å². The Labute approximate surface area is 81.9 Å². The highest BCUT2D eigenvalue weighted by atomic mass is 19.1. The number of rotatable bonds is 4. The predicted octanol–water partition coefficient (Wildman–Crippen LogP) is 0.854. The summed E-state index contributed by atoms with van der Waals surface area (Å²) in [6, 6.07) is 2.95. The van der Waals surface area contributed by atoms with E-state index in [4.69, 9.17) is 10.8 Å². The minimum Gasteiger partial charge on any atom is -0.397 e. The SMILES string of the molecule is CNc1c(N)cc(NCCO)cc1F. The second-order valence-corrected chi connectivity index (χ2v) is 2.82. The second-order valence-electron chi connectivity index (χ2n) is 2.82. The van der Waals surface area contributed by atoms with Crippen molar-refractivity contribution in [3.8, 4) is 0 Å². The van der Waals surface area contributed by atoms with Gasteiger partial charge in [-0.2, -0.15) is 0 Å². The highest BCUT2D eigenvalue weighted by molar-refractivity contribution is 5.72. The second kappa shape index (κ2) is 4.66. The molecule has 78 valence electrons. The lowest BCUT2D eigenvalue weighted by molar-refractivity contribution is 0.311. The van der Waals surface area contributed by atoms with Gasteiger partial charge in [-0.3, -0.25) is 0 Å². The number of benzene rings is 1. The first-order valence-electron chi connectivity index (χ1n) is 4.30. The molecule has 0 aromatic heterocycles. The molecule has 0 amide bonds. The van der Waals surface area contributed by atoms with Gasteiger partial charge < -0.3 is 21.5 Å². The van der Waals surface area contributed by atoms with Gasteiger partial charge in [0.2, 0.25) is 0 Å². The third-order valence-electron chi connectivity index (χ3n) is 1.81. The van der Waals surface area contributed by atoms with E-state index in [1.807, 2.05) is 0 Å². The Morgan fingerprint density at radius 3 is 2.71 bits per heavy atom. The lowest BCUT2D eigenvalue weighted by atomic mass is 10.2. The van der Waals surface area contributed by atoms with Gasteiger partial charge in [0.05, 0.1) is 18.0 Å². The molecule has 0 bridgehead atoms. The summed E-state index contributed by atoms with van der Waals surface area (Å²) in [6.45, 7) is 0.368. The van der Waals surface area contributed by atoms with Crippen LogP contribution in [0.4, 0.5) is 21.5 Å². The van der Waals surface area contributed by atoms with Gasteiger partial charge in [-0.25, -0.2) is 4.39 Å². The predicted molar refractivity (Wildman–Crippen MR) is 55.9 cm³/mol. The Hall–Kier alpha value is -1.49. The van der Waals surface area contributed by atoms with Crippen LogP contribution in [-0.4, -0.2) is 25.3 Å². The Morgan fingerprint density at radius 2 is 2.21 bits per heavy atom. The molecule has 5 N–H and O–H groups in total. The quantitative estimate of drug-likeness (QED) is 0.543. The highest BCUT2D eigenvalue weighted by Crippen LogP contribution is 2.26. The molecule has 0 aliphatic carbocycles. The Kier molecular flexibility index (Phi) is 3.53. The van der Waals surface area contributed by atoms with Crippen LogP contribution < -0.4 is 16.4 Å². The number of aliphatic hydroxyl groups excluding tert-OH is 1. The molecular formula is C9H14FN3O. The van der Waals surface area contributed by atoms with Gasteiger partial charge in [-0.1, -0.05) is 0 Å². The van der Waals surface area contributed by atoms with Crippen LogP contribution in [0.3, 0.4) is 0 Å². The average Bonchev–Trinajstić information content (AvgIpc) is 2.14. The van der Waals surface area contributed by atoms with Gasteiger partial charge in [-0.05, 0) is 12.1 Å². The molecule has 1 aromatic rings. The number of anilines is 3. The van der Waals surface area contributed by atoms with Crippen LogP contribution in [0.25, 0.3) is 0 Å². The van der Waals surface area contributed by atoms with E-state index in [9.17, 15) is 4.39 Å². The fraction of sp³-hybridized carbons (Fsp3) is 0.333. The average molecular weight is 199 g/mol. The molecule has 14 heavy (non-hydrogen) atoms. The zero-order valence-corrected chi connectivity index (χ0v) is 7.97. The van der Waals surface area contributed by atoms with Gasteiger partial charge in [0.1, 0.15) is 5.82 Å². The summed E-state index contributed by atoms with van der Waals surface area (Å²) in [7, 11) is 1.61. The van der Waals surface area contributed by atoms with Crippen molar-refractivity contribution in [1.29, 1.82) is 0 Å². The number of nitrogens with two attached hydrogens (primary N) is 1. The smallest absolute Gasteiger partial charge is 0.150 e. The molecule has 0 atom stereocenters. The van der Waals surface area contributed by atoms with E-state index in [0.29, 0.717) is 23.6 Å². The van der Waals surface area contributed by atoms with E-state index in [1.54, 1.807) is 13.1 Å². The topological polar surface area (TPSA) is 70.3 Å². The standard InChI is InChI=1S/C9H14FN3O/c1-12-9-7(10)4-6(5-8(9)11)13-2-3-14/h4-5,12-14H,2-3,11H2,1H3. The Balaban J connectivity index is 2.90. The van der Waals surface area contributed by atoms with Crippen LogP contribution in [-0.2, 0) is 0 Å². The molecule has 1 rings (SSSR count). The first kappa shape index (κ1) is 10.6. The number of nitrogens with one attached hydrogen (secondary N) is 2. The van der Waals surface area contributed by atoms with Crippen molar-refractivity contribution in [2.24, 2.45) is 0 Å². The van der Waals surface area contributed by atoms with Crippen molar-refractivity contribution < 1.29 is 9.50 Å². The molecule has 5 heteroatoms. The summed E-state index contributed by atoms with van der Waals surface area (Å²) in [5, 5.41) is 14.1. The monoisotopic (exact) mass is 199 g/mol. The number of halogens is 1. The van der Waals surface area contributed by atoms with E-state index >= 15 is 0 Å². The Morgan fingerprint density at radius 1 is 1.50 bits per heavy atom. The molecule has 0 unspecified atom stereocenters. The van der Waals surface area contributed by atoms with Gasteiger partial charge in [0.15, 0.2) is 0 Å². The molecule has 0 fully saturated rings. The zero-order valence-electron chi connectivity index (χ0n) is 7.97. The molecule has 0 saturated heterocycles. The van der Waals surface area contributed by atoms with Crippen LogP contribution in [0.5, 0.6) is 0 Å². The molecule has 0 radical (unpaired) electrons. The molecule has 4 nitrogen and oxygen atoms in total. The summed E-state index contributed by atoms with van der Waals surface area (Å²) in [5.74, 6) is -0.409. The van der Waals surface area contributed by atoms with Gasteiger partial charge in [0.25, 0.3) is 0 Å². The first-order chi connectivity index (χ1) is 6.69. The molecule has 0 aliphatic rings. The molecule has 0 aliphatic heterocycles. The number of nitrogen functional groups attached to an aromatic ring is 1. The van der Waals surface area contributed by atoms with E-state index in [-0.39, 0.29) is 6.61 Å². The number of hydrogen-bond acceptors (Lipinski definition) is 4. The van der Waals surface area contributed by atoms with Crippen LogP contribution in [0.1, 0.15) is 0 Å². The molecular weight excluding hydrogens is 185 g/mol. The highest BCUT2D eigenvalue weighted by Gasteiger charge is 2.06. The van der Waals surface area contributed by atoms with Crippen molar-refractivity contribution in [1.82, 2.24) is 0 Å². The van der Waals surface area contributed by atoms with Crippen molar-refractivity contribution in [2.75, 3.05) is 36.6 Å². The lowest BCUT2D eigenvalue weighted by Crippen LogP contribution is -2.07. The van der Waals surface area contributed by atoms with Crippen molar-refractivity contribution >= 4 is 17.1 Å². The number of aliphatic hydroxyl groups is 1. The molecule has 0 saturated carbocycles. The lowest BCUT2D eigenvalue weighted by Gasteiger charge is -2.10. The summed E-state index contributed by atoms with van der Waals surface area (Å²) >= 11 is 0. The summed E-state index contributed by atoms with van der Waals surface area (Å²) in [6.07, 6.45) is 0. The fourth-order valence-corrected chi connectivity index (χ4v) is 1.19. The maximum atomic E-state index is 13.3. The van der Waals surface area contributed by atoms with Crippen LogP contribution >= 0.6 is 0 Å². The van der Waals surface area contributed by atoms with E-state index in [1.165, 1.54) is 6.07 Å². The third kappa shape index (κ3) is 2.26. The van der Waals surface area contributed by atoms with Crippen LogP contribution in [0, 0.1) is 5.82 Å². The maximum absolute atomic E-state index is 13.3. The van der Waals surface area contributed by atoms with E-state index < -0.39 is 5.82 Å². The van der Waals surface area contributed by atoms with Gasteiger partial charge in [-0.15, -0.1) is 0 Å². The first-order valence-corrected chi connectivity index (χ1v) is 4.30. The van der Waals surface area contributed by atoms with Crippen molar-refractivity contribution in [3.05, 3.63) is 17.9 Å². The Bertz CT molecular complexity index is 294. The van der Waals surface area contributed by atoms with E-state index in [2.05, 4.69) is 10.6 Å². The van der Waals surface area contributed by atoms with E-state index in [0.717, 1.165) is 0 Å². The normalized spacial score (nSPS) is 9.93. The molecule has 0 heterocycles. The molecule has 1 aromatic carbocycles. The van der Waals surface area contributed by atoms with Crippen molar-refractivity contribution in [3.63, 3.8) is 0 Å². The molecule has 0 spiro atoms. The summed E-state index contributed by atoms with van der Waals surface area (Å²) in [5.41, 5.74) is 6.79. The largest absolute Gasteiger partial charge is 0.397 e. The minimum atomic E-state index is -0.409. The minimum absolute atomic E-state index is 0.00466. The maximum Gasteiger partial charge on any atom is 0.150 e. The van der Waals surface area contributed by atoms with Gasteiger partial charge >= 0.3 is 0 Å². The van der Waals surface area contributed by atoms with Crippen LogP contribution in [0.15, 0.2) is 12.1 Å². The number of hydrogen-bond donors (Lipinski definition) is 4. The summed E-state index contributed by atoms with van der Waals surface area (Å²) < 4.78 is 13.3.